The fourth-order valence-corrected chi connectivity index (χ4v) is 2.10. The van der Waals surface area contributed by atoms with Crippen LogP contribution in [0.25, 0.3) is 0 Å². The SMILES string of the molecule is CCCCC/C=C/C=C/C=C/C(=O)OC(CC(=O)O)C[N+](C)(C)C. The Hall–Kier alpha value is -1.88. The van der Waals surface area contributed by atoms with E-state index in [4.69, 9.17) is 9.84 Å². The first-order chi connectivity index (χ1) is 11.2. The molecule has 1 N–H and O–H groups in total. The smallest absolute Gasteiger partial charge is 0.331 e. The Bertz CT molecular complexity index is 458. The number of carbonyl (C=O) groups is 2. The highest BCUT2D eigenvalue weighted by molar-refractivity contribution is 5.82. The monoisotopic (exact) mass is 338 g/mol. The first kappa shape index (κ1) is 22.1. The third-order valence-electron chi connectivity index (χ3n) is 3.11. The number of hydrogen-bond donors (Lipinski definition) is 1. The number of ether oxygens (including phenoxy) is 1. The Morgan fingerprint density at radius 1 is 1.08 bits per heavy atom. The lowest BCUT2D eigenvalue weighted by Gasteiger charge is -2.28. The molecule has 0 aliphatic carbocycles. The molecule has 24 heavy (non-hydrogen) atoms. The average molecular weight is 338 g/mol. The summed E-state index contributed by atoms with van der Waals surface area (Å²) >= 11 is 0. The summed E-state index contributed by atoms with van der Waals surface area (Å²) < 4.78 is 5.76. The number of carboxylic acids is 1. The van der Waals surface area contributed by atoms with Crippen LogP contribution in [0, 0.1) is 0 Å². The Morgan fingerprint density at radius 3 is 2.33 bits per heavy atom. The van der Waals surface area contributed by atoms with Gasteiger partial charge in [-0.2, -0.15) is 0 Å². The number of rotatable bonds is 12. The summed E-state index contributed by atoms with van der Waals surface area (Å²) in [6, 6.07) is 0. The third kappa shape index (κ3) is 15.0. The van der Waals surface area contributed by atoms with Gasteiger partial charge >= 0.3 is 11.9 Å². The molecule has 0 fully saturated rings. The molecule has 1 unspecified atom stereocenters. The molecule has 0 saturated carbocycles. The van der Waals surface area contributed by atoms with Crippen molar-refractivity contribution in [2.24, 2.45) is 0 Å². The molecule has 0 aromatic rings. The van der Waals surface area contributed by atoms with Gasteiger partial charge in [0.05, 0.1) is 27.6 Å². The van der Waals surface area contributed by atoms with Gasteiger partial charge in [-0.25, -0.2) is 4.79 Å². The zero-order chi connectivity index (χ0) is 18.4. The van der Waals surface area contributed by atoms with Gasteiger partial charge in [0.25, 0.3) is 0 Å². The zero-order valence-electron chi connectivity index (χ0n) is 15.4. The fourth-order valence-electron chi connectivity index (χ4n) is 2.10. The minimum Gasteiger partial charge on any atom is -0.481 e. The van der Waals surface area contributed by atoms with Crippen LogP contribution in [0.3, 0.4) is 0 Å². The highest BCUT2D eigenvalue weighted by atomic mass is 16.5. The van der Waals surface area contributed by atoms with E-state index < -0.39 is 18.0 Å². The van der Waals surface area contributed by atoms with Gasteiger partial charge in [-0.05, 0) is 12.8 Å². The number of nitrogens with zero attached hydrogens (tertiary/aromatic N) is 1. The van der Waals surface area contributed by atoms with E-state index in [1.807, 2.05) is 33.3 Å². The van der Waals surface area contributed by atoms with Crippen molar-refractivity contribution >= 4 is 11.9 Å². The predicted octanol–water partition coefficient (Wildman–Crippen LogP) is 3.33. The van der Waals surface area contributed by atoms with Gasteiger partial charge in [0, 0.05) is 6.08 Å². The van der Waals surface area contributed by atoms with Crippen LogP contribution >= 0.6 is 0 Å². The van der Waals surface area contributed by atoms with Crippen LogP contribution in [0.2, 0.25) is 0 Å². The van der Waals surface area contributed by atoms with Gasteiger partial charge in [-0.15, -0.1) is 0 Å². The largest absolute Gasteiger partial charge is 0.481 e. The molecule has 136 valence electrons. The topological polar surface area (TPSA) is 63.6 Å². The van der Waals surface area contributed by atoms with Crippen LogP contribution in [-0.2, 0) is 14.3 Å². The van der Waals surface area contributed by atoms with E-state index in [1.165, 1.54) is 25.3 Å². The third-order valence-corrected chi connectivity index (χ3v) is 3.11. The van der Waals surface area contributed by atoms with Crippen molar-refractivity contribution in [1.82, 2.24) is 0 Å². The highest BCUT2D eigenvalue weighted by Gasteiger charge is 2.23. The quantitative estimate of drug-likeness (QED) is 0.195. The maximum absolute atomic E-state index is 11.8. The Labute approximate surface area is 145 Å². The molecule has 5 heteroatoms. The average Bonchev–Trinajstić information content (AvgIpc) is 2.42. The number of unbranched alkanes of at least 4 members (excludes halogenated alkanes) is 3. The normalized spacial score (nSPS) is 13.8. The maximum Gasteiger partial charge on any atom is 0.331 e. The molecule has 0 aliphatic rings. The molecule has 1 atom stereocenters. The van der Waals surface area contributed by atoms with Crippen LogP contribution in [0.4, 0.5) is 0 Å². The molecule has 0 amide bonds. The minimum absolute atomic E-state index is 0.189. The molecule has 5 nitrogen and oxygen atoms in total. The maximum atomic E-state index is 11.8. The van der Waals surface area contributed by atoms with E-state index in [1.54, 1.807) is 12.2 Å². The summed E-state index contributed by atoms with van der Waals surface area (Å²) in [4.78, 5) is 22.6. The highest BCUT2D eigenvalue weighted by Crippen LogP contribution is 2.06. The molecular formula is C19H32NO4+. The van der Waals surface area contributed by atoms with Crippen molar-refractivity contribution in [3.05, 3.63) is 36.5 Å². The van der Waals surface area contributed by atoms with E-state index >= 15 is 0 Å². The molecule has 0 bridgehead atoms. The molecule has 0 aliphatic heterocycles. The lowest BCUT2D eigenvalue weighted by molar-refractivity contribution is -0.873. The van der Waals surface area contributed by atoms with Crippen LogP contribution < -0.4 is 0 Å². The Kier molecular flexibility index (Phi) is 11.5. The van der Waals surface area contributed by atoms with Crippen molar-refractivity contribution in [2.75, 3.05) is 27.7 Å². The van der Waals surface area contributed by atoms with E-state index in [9.17, 15) is 9.59 Å². The van der Waals surface area contributed by atoms with Crippen LogP contribution in [0.1, 0.15) is 39.0 Å². The Balaban J connectivity index is 4.29. The second kappa shape index (κ2) is 12.5. The summed E-state index contributed by atoms with van der Waals surface area (Å²) in [5.41, 5.74) is 0. The number of likely N-dealkylation sites (N-methyl/N-ethyl adjacent to an activating group) is 1. The van der Waals surface area contributed by atoms with E-state index in [0.717, 1.165) is 6.42 Å². The second-order valence-corrected chi connectivity index (χ2v) is 6.80. The van der Waals surface area contributed by atoms with Crippen LogP contribution in [0.5, 0.6) is 0 Å². The summed E-state index contributed by atoms with van der Waals surface area (Å²) in [7, 11) is 5.77. The molecule has 0 aromatic heterocycles. The van der Waals surface area contributed by atoms with Crippen molar-refractivity contribution < 1.29 is 23.9 Å². The van der Waals surface area contributed by atoms with Gasteiger partial charge in [0.1, 0.15) is 6.54 Å². The van der Waals surface area contributed by atoms with Crippen LogP contribution in [0.15, 0.2) is 36.5 Å². The number of quaternary nitrogens is 1. The van der Waals surface area contributed by atoms with Gasteiger partial charge in [0.15, 0.2) is 6.10 Å². The standard InChI is InChI=1S/C19H31NO4/c1-5-6-7-8-9-10-11-12-13-14-19(23)24-17(15-18(21)22)16-20(2,3)4/h9-14,17H,5-8,15-16H2,1-4H3/p+1/b10-9+,12-11+,14-13+. The molecular weight excluding hydrogens is 306 g/mol. The summed E-state index contributed by atoms with van der Waals surface area (Å²) in [5, 5.41) is 8.91. The first-order valence-corrected chi connectivity index (χ1v) is 8.47. The lowest BCUT2D eigenvalue weighted by Crippen LogP contribution is -2.43. The van der Waals surface area contributed by atoms with Gasteiger partial charge in [-0.1, -0.05) is 50.1 Å². The Morgan fingerprint density at radius 2 is 1.75 bits per heavy atom. The molecule has 0 saturated heterocycles. The van der Waals surface area contributed by atoms with E-state index in [-0.39, 0.29) is 6.42 Å². The van der Waals surface area contributed by atoms with Crippen molar-refractivity contribution in [2.45, 2.75) is 45.1 Å². The second-order valence-electron chi connectivity index (χ2n) is 6.80. The van der Waals surface area contributed by atoms with Crippen LogP contribution in [-0.4, -0.2) is 55.3 Å². The number of allylic oxidation sites excluding steroid dienone is 5. The number of hydrogen-bond acceptors (Lipinski definition) is 3. The molecule has 0 rings (SSSR count). The molecule has 0 heterocycles. The van der Waals surface area contributed by atoms with E-state index in [0.29, 0.717) is 11.0 Å². The fraction of sp³-hybridized carbons (Fsp3) is 0.579. The summed E-state index contributed by atoms with van der Waals surface area (Å²) in [6.45, 7) is 2.62. The van der Waals surface area contributed by atoms with Gasteiger partial charge in [-0.3, -0.25) is 4.79 Å². The van der Waals surface area contributed by atoms with Crippen molar-refractivity contribution in [3.8, 4) is 0 Å². The van der Waals surface area contributed by atoms with Crippen molar-refractivity contribution in [1.29, 1.82) is 0 Å². The minimum atomic E-state index is -0.974. The van der Waals surface area contributed by atoms with Gasteiger partial charge in [0.2, 0.25) is 0 Å². The number of esters is 1. The number of carboxylic acid groups (broad SMARTS) is 1. The van der Waals surface area contributed by atoms with Crippen molar-refractivity contribution in [3.63, 3.8) is 0 Å². The number of aliphatic carboxylic acids is 1. The summed E-state index contributed by atoms with van der Waals surface area (Å²) in [5.74, 6) is -1.50. The predicted molar refractivity (Wildman–Crippen MR) is 96.6 cm³/mol. The first-order valence-electron chi connectivity index (χ1n) is 8.47. The number of carbonyl (C=O) groups excluding carboxylic acids is 1. The zero-order valence-corrected chi connectivity index (χ0v) is 15.4. The molecule has 0 spiro atoms. The summed E-state index contributed by atoms with van der Waals surface area (Å²) in [6.07, 6.45) is 14.5. The molecule has 0 aromatic carbocycles. The van der Waals surface area contributed by atoms with E-state index in [2.05, 4.69) is 13.0 Å². The lowest BCUT2D eigenvalue weighted by atomic mass is 10.2. The molecule has 0 radical (unpaired) electrons. The van der Waals surface area contributed by atoms with Gasteiger partial charge < -0.3 is 14.3 Å².